The molecule has 7 heteroatoms. The molecule has 1 saturated carbocycles. The summed E-state index contributed by atoms with van der Waals surface area (Å²) in [7, 11) is 1.50. The summed E-state index contributed by atoms with van der Waals surface area (Å²) in [6, 6.07) is 0.768. The molecule has 1 fully saturated rings. The number of hydrogen-bond acceptors (Lipinski definition) is 4. The smallest absolute Gasteiger partial charge is 0.223 e. The van der Waals surface area contributed by atoms with Crippen molar-refractivity contribution in [2.75, 3.05) is 30.8 Å². The number of rotatable bonds is 6. The Morgan fingerprint density at radius 2 is 2.00 bits per heavy atom. The van der Waals surface area contributed by atoms with E-state index in [4.69, 9.17) is 0 Å². The van der Waals surface area contributed by atoms with Gasteiger partial charge < -0.3 is 16.0 Å². The molecule has 1 amide bonds. The third kappa shape index (κ3) is 3.52. The maximum absolute atomic E-state index is 13.4. The highest BCUT2D eigenvalue weighted by molar-refractivity contribution is 5.80. The second kappa shape index (κ2) is 5.81. The van der Waals surface area contributed by atoms with Crippen LogP contribution in [0.4, 0.5) is 20.4 Å². The molecule has 0 bridgehead atoms. The number of anilines is 2. The fraction of sp³-hybridized carbons (Fsp3) is 0.500. The van der Waals surface area contributed by atoms with E-state index in [1.54, 1.807) is 0 Å². The van der Waals surface area contributed by atoms with Crippen LogP contribution in [0.5, 0.6) is 0 Å². The number of amides is 1. The number of carbonyl (C=O) groups excluding carboxylic acids is 1. The van der Waals surface area contributed by atoms with Crippen LogP contribution in [0.25, 0.3) is 0 Å². The number of nitrogens with one attached hydrogen (secondary N) is 3. The van der Waals surface area contributed by atoms with E-state index in [9.17, 15) is 13.6 Å². The topological polar surface area (TPSA) is 66.1 Å². The Morgan fingerprint density at radius 3 is 2.63 bits per heavy atom. The molecule has 3 N–H and O–H groups in total. The largest absolute Gasteiger partial charge is 0.371 e. The van der Waals surface area contributed by atoms with Crippen LogP contribution in [0.1, 0.15) is 12.8 Å². The molecule has 1 aliphatic rings. The molecule has 1 heterocycles. The first-order chi connectivity index (χ1) is 9.11. The molecule has 1 aromatic rings. The summed E-state index contributed by atoms with van der Waals surface area (Å²) < 4.78 is 26.6. The van der Waals surface area contributed by atoms with Crippen molar-refractivity contribution in [3.05, 3.63) is 17.7 Å². The molecule has 0 aromatic carbocycles. The zero-order valence-corrected chi connectivity index (χ0v) is 10.6. The minimum atomic E-state index is -0.759. The van der Waals surface area contributed by atoms with Crippen molar-refractivity contribution >= 4 is 17.5 Å². The number of carbonyl (C=O) groups is 1. The molecule has 2 rings (SSSR count). The second-order valence-corrected chi connectivity index (χ2v) is 4.39. The fourth-order valence-corrected chi connectivity index (χ4v) is 1.62. The summed E-state index contributed by atoms with van der Waals surface area (Å²) in [6.07, 6.45) is 1.89. The van der Waals surface area contributed by atoms with Gasteiger partial charge in [0.05, 0.1) is 0 Å². The van der Waals surface area contributed by atoms with E-state index in [-0.39, 0.29) is 23.5 Å². The first kappa shape index (κ1) is 13.5. The van der Waals surface area contributed by atoms with E-state index in [2.05, 4.69) is 20.9 Å². The molecule has 0 unspecified atom stereocenters. The van der Waals surface area contributed by atoms with E-state index in [1.807, 2.05) is 0 Å². The Balaban J connectivity index is 1.83. The SMILES string of the molecule is CNc1nc(NCCNC(=O)C2CC2)c(F)cc1F. The van der Waals surface area contributed by atoms with Crippen LogP contribution < -0.4 is 16.0 Å². The lowest BCUT2D eigenvalue weighted by Crippen LogP contribution is -2.30. The van der Waals surface area contributed by atoms with Gasteiger partial charge in [0, 0.05) is 32.1 Å². The van der Waals surface area contributed by atoms with Gasteiger partial charge in [-0.15, -0.1) is 0 Å². The molecule has 19 heavy (non-hydrogen) atoms. The zero-order valence-electron chi connectivity index (χ0n) is 10.6. The molecular formula is C12H16F2N4O. The molecule has 5 nitrogen and oxygen atoms in total. The van der Waals surface area contributed by atoms with Crippen molar-refractivity contribution in [2.45, 2.75) is 12.8 Å². The Hall–Kier alpha value is -1.92. The van der Waals surface area contributed by atoms with Crippen molar-refractivity contribution in [1.29, 1.82) is 0 Å². The molecule has 0 aliphatic heterocycles. The number of hydrogen-bond donors (Lipinski definition) is 3. The fourth-order valence-electron chi connectivity index (χ4n) is 1.62. The predicted molar refractivity (Wildman–Crippen MR) is 67.9 cm³/mol. The van der Waals surface area contributed by atoms with E-state index < -0.39 is 11.6 Å². The molecule has 0 radical (unpaired) electrons. The van der Waals surface area contributed by atoms with Gasteiger partial charge in [0.1, 0.15) is 0 Å². The average Bonchev–Trinajstić information content (AvgIpc) is 3.20. The van der Waals surface area contributed by atoms with Crippen LogP contribution >= 0.6 is 0 Å². The van der Waals surface area contributed by atoms with Crippen LogP contribution in [0.2, 0.25) is 0 Å². The van der Waals surface area contributed by atoms with Crippen molar-refractivity contribution in [2.24, 2.45) is 5.92 Å². The zero-order chi connectivity index (χ0) is 13.8. The van der Waals surface area contributed by atoms with Crippen molar-refractivity contribution in [3.8, 4) is 0 Å². The summed E-state index contributed by atoms with van der Waals surface area (Å²) in [5.74, 6) is -1.38. The first-order valence-corrected chi connectivity index (χ1v) is 6.17. The van der Waals surface area contributed by atoms with Gasteiger partial charge in [-0.1, -0.05) is 0 Å². The van der Waals surface area contributed by atoms with Crippen LogP contribution in [0.15, 0.2) is 6.07 Å². The van der Waals surface area contributed by atoms with Gasteiger partial charge in [-0.3, -0.25) is 4.79 Å². The van der Waals surface area contributed by atoms with Crippen molar-refractivity contribution < 1.29 is 13.6 Å². The summed E-state index contributed by atoms with van der Waals surface area (Å²) in [6.45, 7) is 0.708. The Morgan fingerprint density at radius 1 is 1.32 bits per heavy atom. The average molecular weight is 270 g/mol. The highest BCUT2D eigenvalue weighted by atomic mass is 19.1. The van der Waals surface area contributed by atoms with Crippen LogP contribution in [0, 0.1) is 17.6 Å². The van der Waals surface area contributed by atoms with E-state index in [0.29, 0.717) is 13.1 Å². The van der Waals surface area contributed by atoms with Gasteiger partial charge in [0.15, 0.2) is 23.3 Å². The summed E-state index contributed by atoms with van der Waals surface area (Å²) >= 11 is 0. The lowest BCUT2D eigenvalue weighted by atomic mass is 10.4. The first-order valence-electron chi connectivity index (χ1n) is 6.17. The number of halogens is 2. The van der Waals surface area contributed by atoms with E-state index in [0.717, 1.165) is 18.9 Å². The Bertz CT molecular complexity index is 477. The van der Waals surface area contributed by atoms with Crippen molar-refractivity contribution in [3.63, 3.8) is 0 Å². The van der Waals surface area contributed by atoms with Crippen molar-refractivity contribution in [1.82, 2.24) is 10.3 Å². The standard InChI is InChI=1S/C12H16F2N4O/c1-15-10-8(13)6-9(14)11(18-10)16-4-5-17-12(19)7-2-3-7/h6-7H,2-5H2,1H3,(H,17,19)(H2,15,16,18). The highest BCUT2D eigenvalue weighted by Gasteiger charge is 2.28. The molecule has 104 valence electrons. The number of aromatic nitrogens is 1. The summed E-state index contributed by atoms with van der Waals surface area (Å²) in [4.78, 5) is 15.1. The molecule has 1 aromatic heterocycles. The molecule has 1 aliphatic carbocycles. The van der Waals surface area contributed by atoms with Gasteiger partial charge in [0.25, 0.3) is 0 Å². The van der Waals surface area contributed by atoms with Gasteiger partial charge in [-0.2, -0.15) is 0 Å². The minimum Gasteiger partial charge on any atom is -0.371 e. The maximum Gasteiger partial charge on any atom is 0.223 e. The third-order valence-corrected chi connectivity index (χ3v) is 2.83. The molecule has 0 saturated heterocycles. The Kier molecular flexibility index (Phi) is 4.13. The highest BCUT2D eigenvalue weighted by Crippen LogP contribution is 2.28. The van der Waals surface area contributed by atoms with E-state index in [1.165, 1.54) is 7.05 Å². The second-order valence-electron chi connectivity index (χ2n) is 4.39. The lowest BCUT2D eigenvalue weighted by molar-refractivity contribution is -0.122. The van der Waals surface area contributed by atoms with Crippen LogP contribution in [0.3, 0.4) is 0 Å². The number of nitrogens with zero attached hydrogens (tertiary/aromatic N) is 1. The third-order valence-electron chi connectivity index (χ3n) is 2.83. The predicted octanol–water partition coefficient (Wildman–Crippen LogP) is 1.34. The maximum atomic E-state index is 13.4. The Labute approximate surface area is 109 Å². The van der Waals surface area contributed by atoms with Gasteiger partial charge in [0.2, 0.25) is 5.91 Å². The molecular weight excluding hydrogens is 254 g/mol. The summed E-state index contributed by atoms with van der Waals surface area (Å²) in [5, 5.41) is 7.99. The van der Waals surface area contributed by atoms with Crippen LogP contribution in [-0.4, -0.2) is 31.0 Å². The normalized spacial score (nSPS) is 14.1. The van der Waals surface area contributed by atoms with Crippen LogP contribution in [-0.2, 0) is 4.79 Å². The monoisotopic (exact) mass is 270 g/mol. The molecule has 0 atom stereocenters. The van der Waals surface area contributed by atoms with Gasteiger partial charge >= 0.3 is 0 Å². The number of pyridine rings is 1. The quantitative estimate of drug-likeness (QED) is 0.682. The van der Waals surface area contributed by atoms with E-state index >= 15 is 0 Å². The molecule has 0 spiro atoms. The lowest BCUT2D eigenvalue weighted by Gasteiger charge is -2.10. The summed E-state index contributed by atoms with van der Waals surface area (Å²) in [5.41, 5.74) is 0. The minimum absolute atomic E-state index is 0.0223. The van der Waals surface area contributed by atoms with Gasteiger partial charge in [-0.05, 0) is 12.8 Å². The van der Waals surface area contributed by atoms with Gasteiger partial charge in [-0.25, -0.2) is 13.8 Å².